The third-order valence-electron chi connectivity index (χ3n) is 4.03. The Morgan fingerprint density at radius 2 is 2.21 bits per heavy atom. The molecule has 19 heavy (non-hydrogen) atoms. The maximum Gasteiger partial charge on any atom is 0.509 e. The molecular weight excluding hydrogens is 254 g/mol. The molecule has 4 atom stereocenters. The number of aliphatic carboxylic acids is 1. The van der Waals surface area contributed by atoms with Gasteiger partial charge in [-0.05, 0) is 18.9 Å². The molecule has 0 aromatic carbocycles. The van der Waals surface area contributed by atoms with E-state index in [-0.39, 0.29) is 30.2 Å². The molecule has 2 saturated heterocycles. The summed E-state index contributed by atoms with van der Waals surface area (Å²) in [5.74, 6) is -2.10. The number of hydrogen-bond donors (Lipinski definition) is 1. The summed E-state index contributed by atoms with van der Waals surface area (Å²) in [5.41, 5.74) is -1.00. The number of fused-ring (bicyclic) bond motifs is 1. The smallest absolute Gasteiger partial charge is 0.477 e. The normalized spacial score (nSPS) is 40.2. The van der Waals surface area contributed by atoms with Gasteiger partial charge in [0.2, 0.25) is 5.91 Å². The highest BCUT2D eigenvalue weighted by Crippen LogP contribution is 2.48. The molecule has 3 heterocycles. The second kappa shape index (κ2) is 3.49. The zero-order valence-electron chi connectivity index (χ0n) is 10.5. The van der Waals surface area contributed by atoms with Crippen molar-refractivity contribution in [3.8, 4) is 0 Å². The first kappa shape index (κ1) is 12.0. The molecule has 0 radical (unpaired) electrons. The Morgan fingerprint density at radius 1 is 1.53 bits per heavy atom. The second-order valence-corrected chi connectivity index (χ2v) is 5.35. The van der Waals surface area contributed by atoms with Gasteiger partial charge >= 0.3 is 12.1 Å². The molecule has 7 heteroatoms. The summed E-state index contributed by atoms with van der Waals surface area (Å²) < 4.78 is 9.86. The lowest BCUT2D eigenvalue weighted by Gasteiger charge is -2.49. The quantitative estimate of drug-likeness (QED) is 0.573. The van der Waals surface area contributed by atoms with Crippen molar-refractivity contribution in [2.24, 2.45) is 11.8 Å². The molecule has 1 amide bonds. The van der Waals surface area contributed by atoms with Crippen LogP contribution in [0.4, 0.5) is 4.79 Å². The predicted octanol–water partition coefficient (Wildman–Crippen LogP) is 0.357. The van der Waals surface area contributed by atoms with Crippen LogP contribution < -0.4 is 0 Å². The monoisotopic (exact) mass is 267 g/mol. The van der Waals surface area contributed by atoms with Gasteiger partial charge < -0.3 is 19.5 Å². The summed E-state index contributed by atoms with van der Waals surface area (Å²) in [4.78, 5) is 35.6. The van der Waals surface area contributed by atoms with Crippen LogP contribution >= 0.6 is 0 Å². The van der Waals surface area contributed by atoms with Crippen LogP contribution in [0.3, 0.4) is 0 Å². The fourth-order valence-electron chi connectivity index (χ4n) is 3.16. The third-order valence-corrected chi connectivity index (χ3v) is 4.03. The number of rotatable bonds is 2. The van der Waals surface area contributed by atoms with E-state index in [9.17, 15) is 14.4 Å². The van der Waals surface area contributed by atoms with E-state index in [1.54, 1.807) is 13.0 Å². The lowest BCUT2D eigenvalue weighted by atomic mass is 9.72. The number of ether oxygens (including phenoxy) is 2. The van der Waals surface area contributed by atoms with Crippen LogP contribution in [-0.4, -0.2) is 46.3 Å². The molecule has 0 spiro atoms. The molecule has 0 aromatic heterocycles. The molecule has 0 aromatic rings. The number of carbonyl (C=O) groups excluding carboxylic acids is 2. The minimum absolute atomic E-state index is 0.00703. The van der Waals surface area contributed by atoms with Crippen molar-refractivity contribution in [3.05, 3.63) is 11.8 Å². The molecule has 1 N–H and O–H groups in total. The Kier molecular flexibility index (Phi) is 2.21. The second-order valence-electron chi connectivity index (χ2n) is 5.35. The number of cyclic esters (lactones) is 2. The molecule has 3 rings (SSSR count). The minimum Gasteiger partial charge on any atom is -0.477 e. The van der Waals surface area contributed by atoms with Gasteiger partial charge in [0, 0.05) is 0 Å². The van der Waals surface area contributed by atoms with E-state index in [0.29, 0.717) is 0 Å². The summed E-state index contributed by atoms with van der Waals surface area (Å²) >= 11 is 0. The van der Waals surface area contributed by atoms with Crippen LogP contribution in [0.25, 0.3) is 0 Å². The fourth-order valence-corrected chi connectivity index (χ4v) is 3.16. The van der Waals surface area contributed by atoms with Crippen molar-refractivity contribution in [1.82, 2.24) is 4.90 Å². The summed E-state index contributed by atoms with van der Waals surface area (Å²) in [7, 11) is 0. The van der Waals surface area contributed by atoms with E-state index in [1.165, 1.54) is 4.90 Å². The number of carbonyl (C=O) groups is 3. The Morgan fingerprint density at radius 3 is 2.74 bits per heavy atom. The Balaban J connectivity index is 1.88. The lowest BCUT2D eigenvalue weighted by molar-refractivity contribution is -0.170. The summed E-state index contributed by atoms with van der Waals surface area (Å²) in [6.45, 7) is 3.50. The van der Waals surface area contributed by atoms with Gasteiger partial charge in [0.15, 0.2) is 5.60 Å². The average Bonchev–Trinajstić information content (AvgIpc) is 2.78. The molecule has 0 bridgehead atoms. The number of nitrogens with zero attached hydrogens (tertiary/aromatic N) is 1. The molecule has 102 valence electrons. The van der Waals surface area contributed by atoms with Gasteiger partial charge in [0.1, 0.15) is 18.2 Å². The number of carboxylic acids is 1. The fraction of sp³-hybridized carbons (Fsp3) is 0.583. The zero-order valence-corrected chi connectivity index (χ0v) is 10.5. The van der Waals surface area contributed by atoms with E-state index in [2.05, 4.69) is 0 Å². The maximum atomic E-state index is 12.2. The van der Waals surface area contributed by atoms with Crippen molar-refractivity contribution < 1.29 is 29.0 Å². The predicted molar refractivity (Wildman–Crippen MR) is 59.8 cm³/mol. The van der Waals surface area contributed by atoms with Gasteiger partial charge in [0.25, 0.3) is 0 Å². The van der Waals surface area contributed by atoms with E-state index < -0.39 is 23.6 Å². The van der Waals surface area contributed by atoms with Gasteiger partial charge in [-0.3, -0.25) is 4.79 Å². The molecule has 3 aliphatic heterocycles. The molecule has 0 aliphatic carbocycles. The molecule has 2 fully saturated rings. The molecular formula is C12H13NO6. The molecule has 3 aliphatic rings. The minimum atomic E-state index is -1.12. The van der Waals surface area contributed by atoms with Crippen LogP contribution in [-0.2, 0) is 19.1 Å². The van der Waals surface area contributed by atoms with Crippen molar-refractivity contribution in [2.75, 3.05) is 6.61 Å². The largest absolute Gasteiger partial charge is 0.509 e. The third kappa shape index (κ3) is 1.41. The Bertz CT molecular complexity index is 526. The van der Waals surface area contributed by atoms with E-state index in [4.69, 9.17) is 14.6 Å². The van der Waals surface area contributed by atoms with Crippen molar-refractivity contribution >= 4 is 18.0 Å². The first-order valence-corrected chi connectivity index (χ1v) is 5.99. The highest BCUT2D eigenvalue weighted by atomic mass is 16.8. The van der Waals surface area contributed by atoms with Crippen LogP contribution in [0, 0.1) is 11.8 Å². The van der Waals surface area contributed by atoms with E-state index in [1.807, 2.05) is 6.92 Å². The SMILES string of the molecule is C[C@H]1C=C(C(=O)O)N2C(=O)[C@@H]([C@]3(C)COC(=O)O3)[C@H]12. The Hall–Kier alpha value is -2.05. The van der Waals surface area contributed by atoms with Gasteiger partial charge in [-0.1, -0.05) is 6.92 Å². The van der Waals surface area contributed by atoms with Crippen LogP contribution in [0.2, 0.25) is 0 Å². The van der Waals surface area contributed by atoms with Crippen LogP contribution in [0.15, 0.2) is 11.8 Å². The summed E-state index contributed by atoms with van der Waals surface area (Å²) in [5, 5.41) is 9.06. The van der Waals surface area contributed by atoms with Gasteiger partial charge in [-0.15, -0.1) is 0 Å². The van der Waals surface area contributed by atoms with Crippen LogP contribution in [0.1, 0.15) is 13.8 Å². The number of carboxylic acid groups (broad SMARTS) is 1. The van der Waals surface area contributed by atoms with E-state index >= 15 is 0 Å². The Labute approximate surface area is 108 Å². The lowest BCUT2D eigenvalue weighted by Crippen LogP contribution is -2.68. The zero-order chi connectivity index (χ0) is 13.9. The van der Waals surface area contributed by atoms with Crippen molar-refractivity contribution in [3.63, 3.8) is 0 Å². The first-order valence-electron chi connectivity index (χ1n) is 5.99. The van der Waals surface area contributed by atoms with Crippen LogP contribution in [0.5, 0.6) is 0 Å². The van der Waals surface area contributed by atoms with Gasteiger partial charge in [0.05, 0.1) is 6.04 Å². The topological polar surface area (TPSA) is 93.1 Å². The molecule has 0 saturated carbocycles. The van der Waals surface area contributed by atoms with Gasteiger partial charge in [-0.2, -0.15) is 0 Å². The standard InChI is InChI=1S/C12H13NO6/c1-5-3-6(10(15)16)13-8(5)7(9(13)14)12(2)4-18-11(17)19-12/h3,5,7-8H,4H2,1-2H3,(H,15,16)/t5-,7-,8-,12-/m0/s1. The summed E-state index contributed by atoms with van der Waals surface area (Å²) in [6, 6.07) is -0.280. The number of β-lactam (4-membered cyclic amide) rings is 1. The van der Waals surface area contributed by atoms with Crippen molar-refractivity contribution in [2.45, 2.75) is 25.5 Å². The van der Waals surface area contributed by atoms with E-state index in [0.717, 1.165) is 0 Å². The van der Waals surface area contributed by atoms with Gasteiger partial charge in [-0.25, -0.2) is 9.59 Å². The molecule has 0 unspecified atom stereocenters. The highest BCUT2D eigenvalue weighted by Gasteiger charge is 2.65. The highest BCUT2D eigenvalue weighted by molar-refractivity contribution is 5.99. The first-order chi connectivity index (χ1) is 8.85. The summed E-state index contributed by atoms with van der Waals surface area (Å²) in [6.07, 6.45) is 0.775. The molecule has 7 nitrogen and oxygen atoms in total. The number of hydrogen-bond acceptors (Lipinski definition) is 5. The average molecular weight is 267 g/mol. The maximum absolute atomic E-state index is 12.2. The number of amides is 1. The van der Waals surface area contributed by atoms with Crippen molar-refractivity contribution in [1.29, 1.82) is 0 Å².